The number of carbonyl (C=O) groups is 1. The lowest BCUT2D eigenvalue weighted by atomic mass is 10.0. The third-order valence-corrected chi connectivity index (χ3v) is 5.16. The van der Waals surface area contributed by atoms with Gasteiger partial charge >= 0.3 is 6.18 Å². The second kappa shape index (κ2) is 8.15. The van der Waals surface area contributed by atoms with E-state index in [1.54, 1.807) is 37.5 Å². The monoisotopic (exact) mass is 458 g/mol. The van der Waals surface area contributed by atoms with Crippen LogP contribution in [0.3, 0.4) is 0 Å². The van der Waals surface area contributed by atoms with Crippen LogP contribution in [-0.4, -0.2) is 25.5 Å². The highest BCUT2D eigenvalue weighted by Gasteiger charge is 2.32. The van der Waals surface area contributed by atoms with Gasteiger partial charge < -0.3 is 11.1 Å². The summed E-state index contributed by atoms with van der Waals surface area (Å²) in [4.78, 5) is 21.3. The summed E-state index contributed by atoms with van der Waals surface area (Å²) in [6, 6.07) is 6.14. The van der Waals surface area contributed by atoms with E-state index in [-0.39, 0.29) is 17.1 Å². The Morgan fingerprint density at radius 2 is 1.91 bits per heavy atom. The van der Waals surface area contributed by atoms with Crippen molar-refractivity contribution in [3.63, 3.8) is 0 Å². The molecule has 33 heavy (non-hydrogen) atoms. The molecule has 1 unspecified atom stereocenters. The number of anilines is 1. The molecule has 0 bridgehead atoms. The molecule has 3 N–H and O–H groups in total. The zero-order valence-corrected chi connectivity index (χ0v) is 17.5. The Labute approximate surface area is 185 Å². The van der Waals surface area contributed by atoms with E-state index in [0.29, 0.717) is 34.6 Å². The van der Waals surface area contributed by atoms with Crippen LogP contribution < -0.4 is 11.1 Å². The number of nitrogens with one attached hydrogen (secondary N) is 1. The molecule has 0 saturated heterocycles. The molecule has 1 atom stereocenters. The number of fused-ring (bicyclic) bond motifs is 1. The average molecular weight is 458 g/mol. The Morgan fingerprint density at radius 1 is 1.15 bits per heavy atom. The fourth-order valence-corrected chi connectivity index (χ4v) is 3.40. The van der Waals surface area contributed by atoms with E-state index in [4.69, 9.17) is 5.73 Å². The Hall–Kier alpha value is -4.02. The molecule has 0 aliphatic carbocycles. The largest absolute Gasteiger partial charge is 0.416 e. The van der Waals surface area contributed by atoms with Crippen molar-refractivity contribution < 1.29 is 22.4 Å². The summed E-state index contributed by atoms with van der Waals surface area (Å²) in [5.41, 5.74) is 6.76. The van der Waals surface area contributed by atoms with Crippen LogP contribution in [0.4, 0.5) is 23.5 Å². The van der Waals surface area contributed by atoms with E-state index in [2.05, 4.69) is 20.4 Å². The Balaban J connectivity index is 1.62. The van der Waals surface area contributed by atoms with Gasteiger partial charge in [-0.2, -0.15) is 18.2 Å². The number of pyridine rings is 2. The number of carbonyl (C=O) groups excluding carboxylic acids is 1. The first kappa shape index (κ1) is 22.2. The lowest BCUT2D eigenvalue weighted by Gasteiger charge is -2.18. The number of hydrogen-bond donors (Lipinski definition) is 2. The van der Waals surface area contributed by atoms with Crippen molar-refractivity contribution in [2.75, 3.05) is 5.73 Å². The molecule has 4 rings (SSSR count). The molecule has 4 aromatic rings. The Bertz CT molecular complexity index is 1370. The van der Waals surface area contributed by atoms with Crippen molar-refractivity contribution in [2.45, 2.75) is 26.1 Å². The molecule has 1 aromatic carbocycles. The number of nitrogens with two attached hydrogens (primary N) is 1. The fraction of sp³-hybridized carbons (Fsp3) is 0.182. The van der Waals surface area contributed by atoms with E-state index in [1.807, 2.05) is 0 Å². The summed E-state index contributed by atoms with van der Waals surface area (Å²) in [6.07, 6.45) is -1.39. The minimum absolute atomic E-state index is 0.116. The fourth-order valence-electron chi connectivity index (χ4n) is 3.40. The van der Waals surface area contributed by atoms with Gasteiger partial charge in [0, 0.05) is 23.5 Å². The molecule has 0 spiro atoms. The van der Waals surface area contributed by atoms with Crippen LogP contribution in [0.2, 0.25) is 0 Å². The number of aryl methyl sites for hydroxylation is 1. The normalized spacial score (nSPS) is 12.7. The molecule has 0 saturated carbocycles. The molecular weight excluding hydrogens is 440 g/mol. The third kappa shape index (κ3) is 4.47. The van der Waals surface area contributed by atoms with Gasteiger partial charge in [0.2, 0.25) is 5.95 Å². The number of hydrogen-bond acceptors (Lipinski definition) is 5. The summed E-state index contributed by atoms with van der Waals surface area (Å²) in [6.45, 7) is 3.03. The molecule has 0 fully saturated rings. The maximum Gasteiger partial charge on any atom is 0.416 e. The first-order valence-corrected chi connectivity index (χ1v) is 9.79. The molecule has 1 amide bonds. The lowest BCUT2D eigenvalue weighted by Crippen LogP contribution is -2.28. The van der Waals surface area contributed by atoms with Crippen molar-refractivity contribution in [2.24, 2.45) is 0 Å². The maximum absolute atomic E-state index is 14.2. The first-order valence-electron chi connectivity index (χ1n) is 9.79. The second-order valence-corrected chi connectivity index (χ2v) is 7.47. The number of alkyl halides is 3. The standard InChI is InChI=1S/C22H18F4N6O/c1-11-17(7-14(10-28-11)13-5-6-32-19(8-13)30-21(27)31-32)20(33)29-12(2)16-9-15(22(24,25)26)3-4-18(16)23/h3-10,12H,1-2H3,(H2,27,31)(H,29,33). The highest BCUT2D eigenvalue weighted by Crippen LogP contribution is 2.32. The molecule has 0 radical (unpaired) electrons. The number of nitrogens with zero attached hydrogens (tertiary/aromatic N) is 4. The molecule has 0 aliphatic rings. The van der Waals surface area contributed by atoms with E-state index >= 15 is 0 Å². The lowest BCUT2D eigenvalue weighted by molar-refractivity contribution is -0.137. The molecule has 7 nitrogen and oxygen atoms in total. The number of halogens is 4. The minimum Gasteiger partial charge on any atom is -0.366 e. The van der Waals surface area contributed by atoms with Crippen LogP contribution in [-0.2, 0) is 6.18 Å². The van der Waals surface area contributed by atoms with Crippen LogP contribution in [0, 0.1) is 12.7 Å². The summed E-state index contributed by atoms with van der Waals surface area (Å²) in [7, 11) is 0. The zero-order chi connectivity index (χ0) is 23.9. The van der Waals surface area contributed by atoms with Crippen molar-refractivity contribution in [3.05, 3.63) is 77.0 Å². The molecular formula is C22H18F4N6O. The number of benzene rings is 1. The van der Waals surface area contributed by atoms with Gasteiger partial charge in [0.25, 0.3) is 5.91 Å². The number of rotatable bonds is 4. The highest BCUT2D eigenvalue weighted by atomic mass is 19.4. The van der Waals surface area contributed by atoms with Crippen molar-refractivity contribution in [3.8, 4) is 11.1 Å². The van der Waals surface area contributed by atoms with Gasteiger partial charge in [-0.1, -0.05) is 0 Å². The van der Waals surface area contributed by atoms with Gasteiger partial charge in [-0.25, -0.2) is 8.91 Å². The SMILES string of the molecule is Cc1ncc(-c2ccn3nc(N)nc3c2)cc1C(=O)NC(C)c1cc(C(F)(F)F)ccc1F. The van der Waals surface area contributed by atoms with Crippen LogP contribution in [0.1, 0.15) is 40.1 Å². The van der Waals surface area contributed by atoms with E-state index in [0.717, 1.165) is 6.07 Å². The summed E-state index contributed by atoms with van der Waals surface area (Å²) >= 11 is 0. The summed E-state index contributed by atoms with van der Waals surface area (Å²) in [5, 5.41) is 6.56. The second-order valence-electron chi connectivity index (χ2n) is 7.47. The van der Waals surface area contributed by atoms with Gasteiger partial charge in [-0.05, 0) is 55.8 Å². The predicted molar refractivity (Wildman–Crippen MR) is 113 cm³/mol. The van der Waals surface area contributed by atoms with Gasteiger partial charge in [-0.15, -0.1) is 5.10 Å². The molecule has 11 heteroatoms. The number of aromatic nitrogens is 4. The molecule has 3 aromatic heterocycles. The van der Waals surface area contributed by atoms with Crippen molar-refractivity contribution in [1.82, 2.24) is 24.9 Å². The van der Waals surface area contributed by atoms with Crippen LogP contribution in [0.15, 0.2) is 48.8 Å². The topological polar surface area (TPSA) is 98.2 Å². The van der Waals surface area contributed by atoms with Crippen molar-refractivity contribution >= 4 is 17.5 Å². The van der Waals surface area contributed by atoms with Crippen LogP contribution in [0.25, 0.3) is 16.8 Å². The minimum atomic E-state index is -4.63. The third-order valence-electron chi connectivity index (χ3n) is 5.16. The van der Waals surface area contributed by atoms with Gasteiger partial charge in [-0.3, -0.25) is 9.78 Å². The molecule has 0 aliphatic heterocycles. The maximum atomic E-state index is 14.2. The van der Waals surface area contributed by atoms with Crippen molar-refractivity contribution in [1.29, 1.82) is 0 Å². The average Bonchev–Trinajstić information content (AvgIpc) is 3.12. The highest BCUT2D eigenvalue weighted by molar-refractivity contribution is 5.96. The quantitative estimate of drug-likeness (QED) is 0.444. The van der Waals surface area contributed by atoms with Crippen LogP contribution >= 0.6 is 0 Å². The van der Waals surface area contributed by atoms with E-state index in [9.17, 15) is 22.4 Å². The summed E-state index contributed by atoms with van der Waals surface area (Å²) in [5.74, 6) is -1.33. The Kier molecular flexibility index (Phi) is 5.48. The Morgan fingerprint density at radius 3 is 2.64 bits per heavy atom. The number of amides is 1. The van der Waals surface area contributed by atoms with E-state index < -0.39 is 29.5 Å². The van der Waals surface area contributed by atoms with E-state index in [1.165, 1.54) is 11.4 Å². The van der Waals surface area contributed by atoms with Gasteiger partial charge in [0.1, 0.15) is 5.82 Å². The zero-order valence-electron chi connectivity index (χ0n) is 17.5. The van der Waals surface area contributed by atoms with Gasteiger partial charge in [0.05, 0.1) is 22.9 Å². The van der Waals surface area contributed by atoms with Crippen LogP contribution in [0.5, 0.6) is 0 Å². The number of nitrogen functional groups attached to an aromatic ring is 1. The molecule has 3 heterocycles. The smallest absolute Gasteiger partial charge is 0.366 e. The summed E-state index contributed by atoms with van der Waals surface area (Å²) < 4.78 is 54.7. The molecule has 170 valence electrons. The van der Waals surface area contributed by atoms with Gasteiger partial charge in [0.15, 0.2) is 5.65 Å². The predicted octanol–water partition coefficient (Wildman–Crippen LogP) is 4.33. The first-order chi connectivity index (χ1) is 15.5.